The summed E-state index contributed by atoms with van der Waals surface area (Å²) in [5.74, 6) is -0.0822. The lowest BCUT2D eigenvalue weighted by molar-refractivity contribution is -0.384. The maximum Gasteiger partial charge on any atom is 0.269 e. The molecule has 1 aliphatic carbocycles. The van der Waals surface area contributed by atoms with Gasteiger partial charge in [0.1, 0.15) is 0 Å². The molecule has 0 aromatic heterocycles. The first-order valence-electron chi connectivity index (χ1n) is 10.9. The molecule has 2 aliphatic rings. The van der Waals surface area contributed by atoms with Crippen LogP contribution in [0.15, 0.2) is 18.2 Å². The standard InChI is InChI=1S/C22H31N3O4/c1-2-3-4-8-13-24-20-12-11-17(25(28)29)14-18(20)19(15-21(24)26)23-22(27)16-9-6-5-7-10-16/h11-12,14,16,19H,2-10,13,15H2,1H3,(H,23,27). The number of rotatable bonds is 8. The summed E-state index contributed by atoms with van der Waals surface area (Å²) in [6, 6.07) is 4.12. The second kappa shape index (κ2) is 9.85. The molecule has 158 valence electrons. The molecule has 2 amide bonds. The van der Waals surface area contributed by atoms with Crippen LogP contribution in [-0.4, -0.2) is 23.3 Å². The van der Waals surface area contributed by atoms with Crippen molar-refractivity contribution in [1.29, 1.82) is 0 Å². The molecule has 1 saturated carbocycles. The Kier molecular flexibility index (Phi) is 7.23. The second-order valence-electron chi connectivity index (χ2n) is 8.21. The highest BCUT2D eigenvalue weighted by Crippen LogP contribution is 2.37. The number of non-ortho nitro benzene ring substituents is 1. The first kappa shape index (κ1) is 21.3. The number of amides is 2. The molecule has 0 radical (unpaired) electrons. The minimum absolute atomic E-state index is 0.0130. The molecule has 1 N–H and O–H groups in total. The van der Waals surface area contributed by atoms with E-state index in [0.29, 0.717) is 17.8 Å². The summed E-state index contributed by atoms with van der Waals surface area (Å²) in [4.78, 5) is 38.2. The Balaban J connectivity index is 1.82. The topological polar surface area (TPSA) is 92.6 Å². The van der Waals surface area contributed by atoms with E-state index in [9.17, 15) is 19.7 Å². The lowest BCUT2D eigenvalue weighted by Gasteiger charge is -2.35. The summed E-state index contributed by atoms with van der Waals surface area (Å²) in [5, 5.41) is 14.3. The molecule has 7 heteroatoms. The summed E-state index contributed by atoms with van der Waals surface area (Å²) in [6.45, 7) is 2.74. The largest absolute Gasteiger partial charge is 0.348 e. The molecule has 3 rings (SSSR count). The minimum atomic E-state index is -0.501. The van der Waals surface area contributed by atoms with Crippen molar-refractivity contribution in [1.82, 2.24) is 5.32 Å². The van der Waals surface area contributed by atoms with Crippen LogP contribution < -0.4 is 10.2 Å². The lowest BCUT2D eigenvalue weighted by Crippen LogP contribution is -2.43. The molecule has 1 fully saturated rings. The molecule has 0 bridgehead atoms. The molecular formula is C22H31N3O4. The van der Waals surface area contributed by atoms with E-state index < -0.39 is 11.0 Å². The first-order valence-corrected chi connectivity index (χ1v) is 10.9. The van der Waals surface area contributed by atoms with E-state index in [0.717, 1.165) is 57.8 Å². The van der Waals surface area contributed by atoms with Crippen molar-refractivity contribution in [3.8, 4) is 0 Å². The van der Waals surface area contributed by atoms with E-state index in [1.54, 1.807) is 11.0 Å². The van der Waals surface area contributed by atoms with Gasteiger partial charge in [0.05, 0.1) is 17.4 Å². The van der Waals surface area contributed by atoms with Gasteiger partial charge in [-0.3, -0.25) is 19.7 Å². The number of unbranched alkanes of at least 4 members (excludes halogenated alkanes) is 3. The van der Waals surface area contributed by atoms with Crippen LogP contribution in [0, 0.1) is 16.0 Å². The molecule has 1 aromatic rings. The molecule has 0 spiro atoms. The van der Waals surface area contributed by atoms with Crippen molar-refractivity contribution in [2.75, 3.05) is 11.4 Å². The number of nitro groups is 1. The van der Waals surface area contributed by atoms with Crippen molar-refractivity contribution >= 4 is 23.2 Å². The number of benzene rings is 1. The van der Waals surface area contributed by atoms with Gasteiger partial charge < -0.3 is 10.2 Å². The smallest absolute Gasteiger partial charge is 0.269 e. The Morgan fingerprint density at radius 2 is 1.97 bits per heavy atom. The molecule has 1 unspecified atom stereocenters. The van der Waals surface area contributed by atoms with Crippen molar-refractivity contribution in [3.63, 3.8) is 0 Å². The van der Waals surface area contributed by atoms with Gasteiger partial charge in [0.25, 0.3) is 5.69 Å². The number of nitro benzene ring substituents is 1. The summed E-state index contributed by atoms with van der Waals surface area (Å²) >= 11 is 0. The zero-order valence-corrected chi connectivity index (χ0v) is 17.2. The lowest BCUT2D eigenvalue weighted by atomic mass is 9.87. The molecule has 29 heavy (non-hydrogen) atoms. The van der Waals surface area contributed by atoms with Crippen molar-refractivity contribution in [2.45, 2.75) is 77.2 Å². The Bertz CT molecular complexity index is 758. The first-order chi connectivity index (χ1) is 14.0. The zero-order chi connectivity index (χ0) is 20.8. The summed E-state index contributed by atoms with van der Waals surface area (Å²) < 4.78 is 0. The van der Waals surface area contributed by atoms with E-state index >= 15 is 0 Å². The number of anilines is 1. The van der Waals surface area contributed by atoms with E-state index in [1.807, 2.05) is 0 Å². The fourth-order valence-electron chi connectivity index (χ4n) is 4.43. The number of carbonyl (C=O) groups excluding carboxylic acids is 2. The van der Waals surface area contributed by atoms with Crippen LogP contribution in [-0.2, 0) is 9.59 Å². The van der Waals surface area contributed by atoms with Crippen LogP contribution in [0.1, 0.15) is 82.7 Å². The van der Waals surface area contributed by atoms with Gasteiger partial charge in [0.15, 0.2) is 0 Å². The number of nitrogens with zero attached hydrogens (tertiary/aromatic N) is 2. The van der Waals surface area contributed by atoms with Gasteiger partial charge in [-0.05, 0) is 25.3 Å². The molecule has 1 heterocycles. The molecule has 1 aromatic carbocycles. The Labute approximate surface area is 172 Å². The van der Waals surface area contributed by atoms with Gasteiger partial charge in [0, 0.05) is 35.8 Å². The fraction of sp³-hybridized carbons (Fsp3) is 0.636. The van der Waals surface area contributed by atoms with Crippen molar-refractivity contribution in [2.24, 2.45) is 5.92 Å². The summed E-state index contributed by atoms with van der Waals surface area (Å²) in [5.41, 5.74) is 1.36. The average Bonchev–Trinajstić information content (AvgIpc) is 2.73. The Hall–Kier alpha value is -2.44. The minimum Gasteiger partial charge on any atom is -0.348 e. The fourth-order valence-corrected chi connectivity index (χ4v) is 4.43. The molecule has 7 nitrogen and oxygen atoms in total. The van der Waals surface area contributed by atoms with E-state index in [1.165, 1.54) is 12.1 Å². The van der Waals surface area contributed by atoms with E-state index in [-0.39, 0.29) is 29.8 Å². The summed E-state index contributed by atoms with van der Waals surface area (Å²) in [6.07, 6.45) is 9.34. The second-order valence-corrected chi connectivity index (χ2v) is 8.21. The van der Waals surface area contributed by atoms with Crippen LogP contribution in [0.2, 0.25) is 0 Å². The molecule has 1 aliphatic heterocycles. The van der Waals surface area contributed by atoms with Crippen LogP contribution in [0.4, 0.5) is 11.4 Å². The molecular weight excluding hydrogens is 370 g/mol. The average molecular weight is 402 g/mol. The molecule has 1 atom stereocenters. The number of hydrogen-bond acceptors (Lipinski definition) is 4. The predicted molar refractivity (Wildman–Crippen MR) is 112 cm³/mol. The highest BCUT2D eigenvalue weighted by Gasteiger charge is 2.34. The Morgan fingerprint density at radius 3 is 2.66 bits per heavy atom. The highest BCUT2D eigenvalue weighted by molar-refractivity contribution is 5.98. The van der Waals surface area contributed by atoms with Gasteiger partial charge in [-0.1, -0.05) is 45.4 Å². The van der Waals surface area contributed by atoms with Gasteiger partial charge in [-0.25, -0.2) is 0 Å². The van der Waals surface area contributed by atoms with Crippen LogP contribution in [0.5, 0.6) is 0 Å². The monoisotopic (exact) mass is 401 g/mol. The quantitative estimate of drug-likeness (QED) is 0.390. The Morgan fingerprint density at radius 1 is 1.21 bits per heavy atom. The SMILES string of the molecule is CCCCCCN1C(=O)CC(NC(=O)C2CCCCC2)c2cc([N+](=O)[O-])ccc21. The van der Waals surface area contributed by atoms with Crippen LogP contribution in [0.3, 0.4) is 0 Å². The third-order valence-corrected chi connectivity index (χ3v) is 6.10. The number of carbonyl (C=O) groups is 2. The van der Waals surface area contributed by atoms with Gasteiger partial charge in [-0.2, -0.15) is 0 Å². The zero-order valence-electron chi connectivity index (χ0n) is 17.2. The van der Waals surface area contributed by atoms with Gasteiger partial charge in [0.2, 0.25) is 11.8 Å². The van der Waals surface area contributed by atoms with Crippen molar-refractivity contribution in [3.05, 3.63) is 33.9 Å². The summed E-state index contributed by atoms with van der Waals surface area (Å²) in [7, 11) is 0. The maximum absolute atomic E-state index is 12.8. The number of fused-ring (bicyclic) bond motifs is 1. The third kappa shape index (κ3) is 5.14. The van der Waals surface area contributed by atoms with Crippen LogP contribution >= 0.6 is 0 Å². The maximum atomic E-state index is 12.8. The van der Waals surface area contributed by atoms with Gasteiger partial charge in [-0.15, -0.1) is 0 Å². The number of nitrogens with one attached hydrogen (secondary N) is 1. The predicted octanol–water partition coefficient (Wildman–Crippen LogP) is 4.65. The van der Waals surface area contributed by atoms with Gasteiger partial charge >= 0.3 is 0 Å². The van der Waals surface area contributed by atoms with E-state index in [4.69, 9.17) is 0 Å². The van der Waals surface area contributed by atoms with Crippen molar-refractivity contribution < 1.29 is 14.5 Å². The molecule has 0 saturated heterocycles. The number of hydrogen-bond donors (Lipinski definition) is 1. The normalized spacial score (nSPS) is 19.7. The third-order valence-electron chi connectivity index (χ3n) is 6.10. The van der Waals surface area contributed by atoms with E-state index in [2.05, 4.69) is 12.2 Å². The van der Waals surface area contributed by atoms with Crippen LogP contribution in [0.25, 0.3) is 0 Å². The highest BCUT2D eigenvalue weighted by atomic mass is 16.6.